The van der Waals surface area contributed by atoms with Crippen LogP contribution in [0.3, 0.4) is 0 Å². The Kier molecular flexibility index (Phi) is 21.6. The zero-order valence-corrected chi connectivity index (χ0v) is 28.3. The molecule has 1 aromatic carbocycles. The fourth-order valence-electron chi connectivity index (χ4n) is 3.90. The lowest BCUT2D eigenvalue weighted by atomic mass is 10.2. The molecule has 0 N–H and O–H groups in total. The Labute approximate surface area is 261 Å². The number of benzene rings is 1. The molecule has 1 aromatic rings. The summed E-state index contributed by atoms with van der Waals surface area (Å²) in [6.45, 7) is 21.4. The second-order valence-electron chi connectivity index (χ2n) is 11.6. The summed E-state index contributed by atoms with van der Waals surface area (Å²) in [6.07, 6.45) is 3.95. The van der Waals surface area contributed by atoms with Crippen molar-refractivity contribution in [3.05, 3.63) is 29.8 Å². The van der Waals surface area contributed by atoms with Gasteiger partial charge in [-0.25, -0.2) is 4.79 Å². The van der Waals surface area contributed by atoms with Gasteiger partial charge in [-0.1, -0.05) is 32.8 Å². The number of hydrogen-bond acceptors (Lipinski definition) is 9. The topological polar surface area (TPSA) is 90.9 Å². The van der Waals surface area contributed by atoms with Crippen molar-refractivity contribution in [3.8, 4) is 5.75 Å². The largest absolute Gasteiger partial charge is 0.488 e. The SMILES string of the molecule is CCCCOC(C)COC(C)COC(C)COC(=O)c1cccc(OC(C)COC(C)COC(C)COC(C)CCC)c1. The molecule has 0 bridgehead atoms. The molecule has 0 radical (unpaired) electrons. The van der Waals surface area contributed by atoms with E-state index in [9.17, 15) is 4.79 Å². The molecule has 7 unspecified atom stereocenters. The number of esters is 1. The fraction of sp³-hybridized carbons (Fsp3) is 0.794. The number of carbonyl (C=O) groups is 1. The average molecular weight is 613 g/mol. The first-order valence-corrected chi connectivity index (χ1v) is 16.2. The molecule has 0 fully saturated rings. The number of unbranched alkanes of at least 4 members (excludes halogenated alkanes) is 1. The maximum absolute atomic E-state index is 12.6. The van der Waals surface area contributed by atoms with E-state index >= 15 is 0 Å². The normalized spacial score (nSPS) is 16.6. The molecule has 9 nitrogen and oxygen atoms in total. The van der Waals surface area contributed by atoms with E-state index in [1.54, 1.807) is 18.2 Å². The Bertz CT molecular complexity index is 836. The zero-order valence-electron chi connectivity index (χ0n) is 28.3. The molecule has 9 heteroatoms. The van der Waals surface area contributed by atoms with Gasteiger partial charge in [0.25, 0.3) is 0 Å². The lowest BCUT2D eigenvalue weighted by molar-refractivity contribution is -0.0767. The van der Waals surface area contributed by atoms with Crippen molar-refractivity contribution < 1.29 is 42.7 Å². The second kappa shape index (κ2) is 23.6. The smallest absolute Gasteiger partial charge is 0.338 e. The van der Waals surface area contributed by atoms with Gasteiger partial charge in [0.1, 0.15) is 18.5 Å². The lowest BCUT2D eigenvalue weighted by Gasteiger charge is -2.21. The van der Waals surface area contributed by atoms with Crippen LogP contribution in [0.4, 0.5) is 0 Å². The zero-order chi connectivity index (χ0) is 32.0. The molecular weight excluding hydrogens is 552 g/mol. The van der Waals surface area contributed by atoms with Crippen LogP contribution in [-0.2, 0) is 33.2 Å². The van der Waals surface area contributed by atoms with Gasteiger partial charge in [0, 0.05) is 6.61 Å². The molecule has 0 amide bonds. The van der Waals surface area contributed by atoms with Gasteiger partial charge in [-0.2, -0.15) is 0 Å². The summed E-state index contributed by atoms with van der Waals surface area (Å²) in [5, 5.41) is 0. The third kappa shape index (κ3) is 20.0. The summed E-state index contributed by atoms with van der Waals surface area (Å²) < 4.78 is 46.4. The summed E-state index contributed by atoms with van der Waals surface area (Å²) in [4.78, 5) is 12.6. The van der Waals surface area contributed by atoms with E-state index in [2.05, 4.69) is 20.8 Å². The molecule has 7 atom stereocenters. The van der Waals surface area contributed by atoms with Crippen LogP contribution in [0.1, 0.15) is 98.4 Å². The lowest BCUT2D eigenvalue weighted by Crippen LogP contribution is -2.28. The van der Waals surface area contributed by atoms with Gasteiger partial charge in [-0.15, -0.1) is 0 Å². The third-order valence-electron chi connectivity index (χ3n) is 6.53. The Morgan fingerprint density at radius 2 is 1.09 bits per heavy atom. The molecule has 250 valence electrons. The first kappa shape index (κ1) is 39.3. The first-order valence-electron chi connectivity index (χ1n) is 16.2. The highest BCUT2D eigenvalue weighted by Gasteiger charge is 2.15. The Balaban J connectivity index is 2.31. The predicted octanol–water partition coefficient (Wildman–Crippen LogP) is 6.64. The number of carbonyl (C=O) groups excluding carboxylic acids is 1. The minimum absolute atomic E-state index is 0.00279. The van der Waals surface area contributed by atoms with Crippen molar-refractivity contribution in [3.63, 3.8) is 0 Å². The van der Waals surface area contributed by atoms with Crippen LogP contribution in [0, 0.1) is 0 Å². The van der Waals surface area contributed by atoms with Gasteiger partial charge in [0.15, 0.2) is 0 Å². The number of ether oxygens (including phenoxy) is 8. The minimum atomic E-state index is -0.430. The summed E-state index contributed by atoms with van der Waals surface area (Å²) in [5.74, 6) is 0.143. The van der Waals surface area contributed by atoms with Gasteiger partial charge >= 0.3 is 5.97 Å². The quantitative estimate of drug-likeness (QED) is 0.0843. The minimum Gasteiger partial charge on any atom is -0.488 e. The van der Waals surface area contributed by atoms with E-state index in [1.165, 1.54) is 0 Å². The molecule has 0 aliphatic rings. The maximum atomic E-state index is 12.6. The molecule has 43 heavy (non-hydrogen) atoms. The highest BCUT2D eigenvalue weighted by Crippen LogP contribution is 2.17. The van der Waals surface area contributed by atoms with Crippen LogP contribution < -0.4 is 4.74 Å². The van der Waals surface area contributed by atoms with Crippen molar-refractivity contribution >= 4 is 5.97 Å². The Hall–Kier alpha value is -1.75. The van der Waals surface area contributed by atoms with Gasteiger partial charge in [0.2, 0.25) is 0 Å². The van der Waals surface area contributed by atoms with E-state index in [1.807, 2.05) is 47.6 Å². The van der Waals surface area contributed by atoms with Gasteiger partial charge in [-0.3, -0.25) is 0 Å². The van der Waals surface area contributed by atoms with Crippen LogP contribution in [0.5, 0.6) is 5.75 Å². The standard InChI is InChI=1S/C34H60O9/c1-10-12-17-36-26(4)19-38-28(6)21-40-30(8)23-42-34(35)32-15-13-16-33(18-32)43-31(9)24-41-29(7)22-39-27(5)20-37-25(3)14-11-2/h13,15-16,18,25-31H,10-12,14,17,19-24H2,1-9H3. The van der Waals surface area contributed by atoms with E-state index < -0.39 is 5.97 Å². The number of hydrogen-bond donors (Lipinski definition) is 0. The van der Waals surface area contributed by atoms with E-state index in [-0.39, 0.29) is 49.3 Å². The Morgan fingerprint density at radius 3 is 1.63 bits per heavy atom. The molecule has 0 aromatic heterocycles. The van der Waals surface area contributed by atoms with Gasteiger partial charge in [-0.05, 0) is 79.5 Å². The highest BCUT2D eigenvalue weighted by molar-refractivity contribution is 5.89. The molecule has 0 aliphatic heterocycles. The summed E-state index contributed by atoms with van der Waals surface area (Å²) >= 11 is 0. The monoisotopic (exact) mass is 612 g/mol. The molecule has 0 saturated heterocycles. The first-order chi connectivity index (χ1) is 20.5. The molecule has 0 saturated carbocycles. The molecule has 0 heterocycles. The highest BCUT2D eigenvalue weighted by atomic mass is 16.6. The van der Waals surface area contributed by atoms with Crippen LogP contribution in [0.15, 0.2) is 24.3 Å². The van der Waals surface area contributed by atoms with Crippen molar-refractivity contribution in [1.82, 2.24) is 0 Å². The summed E-state index contributed by atoms with van der Waals surface area (Å²) in [5.41, 5.74) is 0.415. The second-order valence-corrected chi connectivity index (χ2v) is 11.6. The molecule has 0 spiro atoms. The predicted molar refractivity (Wildman–Crippen MR) is 169 cm³/mol. The van der Waals surface area contributed by atoms with Crippen molar-refractivity contribution in [1.29, 1.82) is 0 Å². The van der Waals surface area contributed by atoms with E-state index in [0.717, 1.165) is 32.3 Å². The fourth-order valence-corrected chi connectivity index (χ4v) is 3.90. The molecule has 1 rings (SSSR count). The Morgan fingerprint density at radius 1 is 0.605 bits per heavy atom. The van der Waals surface area contributed by atoms with E-state index in [0.29, 0.717) is 44.3 Å². The summed E-state index contributed by atoms with van der Waals surface area (Å²) in [7, 11) is 0. The van der Waals surface area contributed by atoms with Crippen LogP contribution in [0.25, 0.3) is 0 Å². The van der Waals surface area contributed by atoms with Gasteiger partial charge < -0.3 is 37.9 Å². The molecular formula is C34H60O9. The third-order valence-corrected chi connectivity index (χ3v) is 6.53. The van der Waals surface area contributed by atoms with Crippen molar-refractivity contribution in [2.45, 2.75) is 131 Å². The van der Waals surface area contributed by atoms with Crippen LogP contribution in [0.2, 0.25) is 0 Å². The average Bonchev–Trinajstić information content (AvgIpc) is 2.98. The van der Waals surface area contributed by atoms with Crippen molar-refractivity contribution in [2.75, 3.05) is 46.2 Å². The number of rotatable bonds is 26. The van der Waals surface area contributed by atoms with Gasteiger partial charge in [0.05, 0.1) is 75.2 Å². The van der Waals surface area contributed by atoms with Crippen molar-refractivity contribution in [2.24, 2.45) is 0 Å². The van der Waals surface area contributed by atoms with Crippen LogP contribution in [-0.4, -0.2) is 94.9 Å². The molecule has 0 aliphatic carbocycles. The summed E-state index contributed by atoms with van der Waals surface area (Å²) in [6, 6.07) is 6.96. The maximum Gasteiger partial charge on any atom is 0.338 e. The van der Waals surface area contributed by atoms with Crippen LogP contribution >= 0.6 is 0 Å². The van der Waals surface area contributed by atoms with E-state index in [4.69, 9.17) is 37.9 Å².